The molecule has 29 heavy (non-hydrogen) atoms. The molecular weight excluding hydrogens is 366 g/mol. The van der Waals surface area contributed by atoms with Crippen LogP contribution < -0.4 is 16.1 Å². The minimum absolute atomic E-state index is 0.344. The third-order valence-electron chi connectivity index (χ3n) is 5.17. The minimum atomic E-state index is -0.384. The standard InChI is InChI=1S/C22H23N5O2/c1-24-18-19(25(2)22(29)26(3)20(18)28)23-21(24)27(14-16-10-6-4-7-11-16)15-17-12-8-5-9-13-17/h4-13H,14-15H2,1-3H3. The summed E-state index contributed by atoms with van der Waals surface area (Å²) < 4.78 is 4.32. The van der Waals surface area contributed by atoms with Gasteiger partial charge in [-0.15, -0.1) is 0 Å². The molecule has 4 aromatic rings. The van der Waals surface area contributed by atoms with E-state index in [1.54, 1.807) is 11.6 Å². The van der Waals surface area contributed by atoms with Crippen molar-refractivity contribution in [1.82, 2.24) is 18.7 Å². The molecule has 2 aromatic carbocycles. The van der Waals surface area contributed by atoms with Gasteiger partial charge in [-0.2, -0.15) is 4.98 Å². The molecule has 7 heteroatoms. The van der Waals surface area contributed by atoms with E-state index in [1.807, 2.05) is 43.4 Å². The molecule has 0 saturated carbocycles. The monoisotopic (exact) mass is 389 g/mol. The Morgan fingerprint density at radius 2 is 1.28 bits per heavy atom. The van der Waals surface area contributed by atoms with Crippen molar-refractivity contribution in [1.29, 1.82) is 0 Å². The number of hydrogen-bond donors (Lipinski definition) is 0. The number of aryl methyl sites for hydroxylation is 2. The van der Waals surface area contributed by atoms with E-state index in [0.29, 0.717) is 30.2 Å². The third-order valence-corrected chi connectivity index (χ3v) is 5.17. The van der Waals surface area contributed by atoms with Crippen molar-refractivity contribution in [2.45, 2.75) is 13.1 Å². The van der Waals surface area contributed by atoms with Gasteiger partial charge in [0.1, 0.15) is 0 Å². The molecular formula is C22H23N5O2. The normalized spacial score (nSPS) is 11.1. The summed E-state index contributed by atoms with van der Waals surface area (Å²) in [6.07, 6.45) is 0. The predicted octanol–water partition coefficient (Wildman–Crippen LogP) is 2.18. The van der Waals surface area contributed by atoms with Crippen LogP contribution in [0.5, 0.6) is 0 Å². The van der Waals surface area contributed by atoms with Gasteiger partial charge in [-0.25, -0.2) is 4.79 Å². The van der Waals surface area contributed by atoms with Crippen molar-refractivity contribution in [2.24, 2.45) is 21.1 Å². The number of hydrogen-bond acceptors (Lipinski definition) is 4. The maximum absolute atomic E-state index is 12.7. The van der Waals surface area contributed by atoms with E-state index in [9.17, 15) is 9.59 Å². The van der Waals surface area contributed by atoms with E-state index in [4.69, 9.17) is 4.98 Å². The van der Waals surface area contributed by atoms with Crippen molar-refractivity contribution in [3.05, 3.63) is 92.6 Å². The minimum Gasteiger partial charge on any atom is -0.334 e. The highest BCUT2D eigenvalue weighted by atomic mass is 16.2. The zero-order chi connectivity index (χ0) is 20.5. The molecule has 0 spiro atoms. The number of benzene rings is 2. The van der Waals surface area contributed by atoms with Crippen LogP contribution in [0.1, 0.15) is 11.1 Å². The van der Waals surface area contributed by atoms with Crippen LogP contribution in [-0.4, -0.2) is 18.7 Å². The van der Waals surface area contributed by atoms with E-state index in [-0.39, 0.29) is 11.2 Å². The summed E-state index contributed by atoms with van der Waals surface area (Å²) >= 11 is 0. The lowest BCUT2D eigenvalue weighted by Gasteiger charge is -2.24. The Balaban J connectivity index is 1.88. The second-order valence-electron chi connectivity index (χ2n) is 7.18. The van der Waals surface area contributed by atoms with Gasteiger partial charge in [0.2, 0.25) is 5.95 Å². The average molecular weight is 389 g/mol. The maximum Gasteiger partial charge on any atom is 0.332 e. The highest BCUT2D eigenvalue weighted by molar-refractivity contribution is 5.74. The fraction of sp³-hybridized carbons (Fsp3) is 0.227. The number of imidazole rings is 1. The SMILES string of the molecule is Cn1c(=O)c2c(nc(N(Cc3ccccc3)Cc3ccccc3)n2C)n(C)c1=O. The zero-order valence-corrected chi connectivity index (χ0v) is 16.7. The topological polar surface area (TPSA) is 65.1 Å². The van der Waals surface area contributed by atoms with Crippen LogP contribution >= 0.6 is 0 Å². The average Bonchev–Trinajstić information content (AvgIpc) is 3.09. The molecule has 0 bridgehead atoms. The van der Waals surface area contributed by atoms with Crippen LogP contribution in [0, 0.1) is 0 Å². The Morgan fingerprint density at radius 1 is 0.759 bits per heavy atom. The van der Waals surface area contributed by atoms with Crippen LogP contribution in [0.15, 0.2) is 70.3 Å². The first-order valence-electron chi connectivity index (χ1n) is 9.42. The fourth-order valence-corrected chi connectivity index (χ4v) is 3.59. The van der Waals surface area contributed by atoms with Gasteiger partial charge >= 0.3 is 5.69 Å². The van der Waals surface area contributed by atoms with Crippen LogP contribution in [0.25, 0.3) is 11.2 Å². The van der Waals surface area contributed by atoms with Crippen LogP contribution in [0.3, 0.4) is 0 Å². The Morgan fingerprint density at radius 3 is 1.79 bits per heavy atom. The molecule has 2 heterocycles. The van der Waals surface area contributed by atoms with Crippen molar-refractivity contribution < 1.29 is 0 Å². The Bertz CT molecular complexity index is 1230. The highest BCUT2D eigenvalue weighted by Gasteiger charge is 2.21. The van der Waals surface area contributed by atoms with Crippen LogP contribution in [-0.2, 0) is 34.2 Å². The first-order valence-corrected chi connectivity index (χ1v) is 9.42. The summed E-state index contributed by atoms with van der Waals surface area (Å²) in [7, 11) is 4.95. The van der Waals surface area contributed by atoms with Gasteiger partial charge in [0, 0.05) is 34.2 Å². The molecule has 0 saturated heterocycles. The van der Waals surface area contributed by atoms with Crippen molar-refractivity contribution in [3.63, 3.8) is 0 Å². The lowest BCUT2D eigenvalue weighted by Crippen LogP contribution is -2.37. The van der Waals surface area contributed by atoms with E-state index in [1.165, 1.54) is 11.6 Å². The molecule has 0 fully saturated rings. The Hall–Kier alpha value is -3.61. The summed E-state index contributed by atoms with van der Waals surface area (Å²) in [5.74, 6) is 0.644. The lowest BCUT2D eigenvalue weighted by atomic mass is 10.2. The number of aromatic nitrogens is 4. The zero-order valence-electron chi connectivity index (χ0n) is 16.7. The summed E-state index contributed by atoms with van der Waals surface area (Å²) in [5.41, 5.74) is 2.35. The maximum atomic E-state index is 12.7. The third kappa shape index (κ3) is 3.35. The number of fused-ring (bicyclic) bond motifs is 1. The van der Waals surface area contributed by atoms with Crippen molar-refractivity contribution in [3.8, 4) is 0 Å². The van der Waals surface area contributed by atoms with E-state index in [0.717, 1.165) is 15.7 Å². The molecule has 0 N–H and O–H groups in total. The molecule has 0 aliphatic heterocycles. The Labute approximate surface area is 168 Å². The fourth-order valence-electron chi connectivity index (χ4n) is 3.59. The van der Waals surface area contributed by atoms with E-state index in [2.05, 4.69) is 29.2 Å². The highest BCUT2D eigenvalue weighted by Crippen LogP contribution is 2.22. The molecule has 2 aromatic heterocycles. The molecule has 148 valence electrons. The molecule has 0 aliphatic carbocycles. The van der Waals surface area contributed by atoms with Gasteiger partial charge in [0.05, 0.1) is 0 Å². The first kappa shape index (κ1) is 18.7. The molecule has 0 aliphatic rings. The molecule has 0 amide bonds. The van der Waals surface area contributed by atoms with Crippen LogP contribution in [0.4, 0.5) is 5.95 Å². The molecule has 4 rings (SSSR count). The first-order chi connectivity index (χ1) is 14.0. The molecule has 0 atom stereocenters. The molecule has 0 unspecified atom stereocenters. The smallest absolute Gasteiger partial charge is 0.332 e. The Kier molecular flexibility index (Phi) is 4.80. The molecule has 7 nitrogen and oxygen atoms in total. The van der Waals surface area contributed by atoms with Gasteiger partial charge in [-0.05, 0) is 11.1 Å². The van der Waals surface area contributed by atoms with Crippen molar-refractivity contribution in [2.75, 3.05) is 4.90 Å². The second kappa shape index (κ2) is 7.43. The summed E-state index contributed by atoms with van der Waals surface area (Å²) in [5, 5.41) is 0. The van der Waals surface area contributed by atoms with Gasteiger partial charge in [-0.1, -0.05) is 60.7 Å². The summed E-state index contributed by atoms with van der Waals surface area (Å²) in [4.78, 5) is 31.9. The predicted molar refractivity (Wildman–Crippen MR) is 114 cm³/mol. The number of anilines is 1. The van der Waals surface area contributed by atoms with Crippen LogP contribution in [0.2, 0.25) is 0 Å². The lowest BCUT2D eigenvalue weighted by molar-refractivity contribution is 0.705. The quantitative estimate of drug-likeness (QED) is 0.525. The van der Waals surface area contributed by atoms with Gasteiger partial charge < -0.3 is 9.47 Å². The van der Waals surface area contributed by atoms with E-state index < -0.39 is 0 Å². The second-order valence-corrected chi connectivity index (χ2v) is 7.18. The number of rotatable bonds is 5. The van der Waals surface area contributed by atoms with Gasteiger partial charge in [0.15, 0.2) is 11.2 Å². The van der Waals surface area contributed by atoms with Gasteiger partial charge in [-0.3, -0.25) is 13.9 Å². The largest absolute Gasteiger partial charge is 0.334 e. The summed E-state index contributed by atoms with van der Waals surface area (Å²) in [6.45, 7) is 1.25. The summed E-state index contributed by atoms with van der Waals surface area (Å²) in [6, 6.07) is 20.2. The molecule has 0 radical (unpaired) electrons. The van der Waals surface area contributed by atoms with Crippen molar-refractivity contribution >= 4 is 17.1 Å². The van der Waals surface area contributed by atoms with Gasteiger partial charge in [0.25, 0.3) is 5.56 Å². The van der Waals surface area contributed by atoms with E-state index >= 15 is 0 Å². The number of nitrogens with zero attached hydrogens (tertiary/aromatic N) is 5.